The van der Waals surface area contributed by atoms with E-state index in [4.69, 9.17) is 4.98 Å². The second-order valence-electron chi connectivity index (χ2n) is 6.21. The number of benzene rings is 1. The van der Waals surface area contributed by atoms with Crippen molar-refractivity contribution in [2.45, 2.75) is 44.1 Å². The summed E-state index contributed by atoms with van der Waals surface area (Å²) in [4.78, 5) is 17.0. The molecule has 0 radical (unpaired) electrons. The Kier molecular flexibility index (Phi) is 6.33. The van der Waals surface area contributed by atoms with Crippen LogP contribution in [-0.4, -0.2) is 16.6 Å². The molecule has 0 aliphatic heterocycles. The molecule has 1 aromatic carbocycles. The molecule has 0 saturated carbocycles. The first kappa shape index (κ1) is 18.9. The zero-order valence-corrected chi connectivity index (χ0v) is 17.0. The summed E-state index contributed by atoms with van der Waals surface area (Å²) in [7, 11) is 0. The fraction of sp³-hybridized carbons (Fsp3) is 0.350. The minimum Gasteiger partial charge on any atom is -0.325 e. The first-order valence-corrected chi connectivity index (χ1v) is 10.5. The van der Waals surface area contributed by atoms with E-state index in [1.54, 1.807) is 0 Å². The van der Waals surface area contributed by atoms with Crippen molar-refractivity contribution in [1.82, 2.24) is 4.98 Å². The summed E-state index contributed by atoms with van der Waals surface area (Å²) in [6.45, 7) is 2.10. The average Bonchev–Trinajstić information content (AvgIpc) is 2.67. The lowest BCUT2D eigenvalue weighted by molar-refractivity contribution is -0.113. The zero-order valence-electron chi connectivity index (χ0n) is 14.6. The second-order valence-corrected chi connectivity index (χ2v) is 8.09. The molecule has 1 heterocycles. The Morgan fingerprint density at radius 3 is 2.62 bits per heavy atom. The fourth-order valence-electron chi connectivity index (χ4n) is 3.25. The Labute approximate surface area is 166 Å². The van der Waals surface area contributed by atoms with Crippen LogP contribution < -0.4 is 5.32 Å². The van der Waals surface area contributed by atoms with Crippen molar-refractivity contribution in [3.63, 3.8) is 0 Å². The lowest BCUT2D eigenvalue weighted by atomic mass is 9.87. The summed E-state index contributed by atoms with van der Waals surface area (Å²) in [6, 6.07) is 9.80. The minimum atomic E-state index is -0.0984. The van der Waals surface area contributed by atoms with E-state index in [1.807, 2.05) is 24.3 Å². The number of nitrogens with one attached hydrogen (secondary N) is 1. The molecule has 1 aliphatic carbocycles. The highest BCUT2D eigenvalue weighted by Gasteiger charge is 2.22. The van der Waals surface area contributed by atoms with Crippen molar-refractivity contribution in [2.75, 3.05) is 11.1 Å². The maximum absolute atomic E-state index is 12.3. The van der Waals surface area contributed by atoms with Crippen LogP contribution in [0.2, 0.25) is 0 Å². The van der Waals surface area contributed by atoms with Crippen molar-refractivity contribution in [1.29, 1.82) is 5.26 Å². The van der Waals surface area contributed by atoms with Gasteiger partial charge in [-0.05, 0) is 67.5 Å². The van der Waals surface area contributed by atoms with Crippen molar-refractivity contribution in [3.05, 3.63) is 51.1 Å². The van der Waals surface area contributed by atoms with E-state index in [-0.39, 0.29) is 11.7 Å². The van der Waals surface area contributed by atoms with Crippen LogP contribution in [0, 0.1) is 11.3 Å². The molecule has 0 bridgehead atoms. The summed E-state index contributed by atoms with van der Waals surface area (Å²) in [5.74, 6) is 0.137. The number of hydrogen-bond donors (Lipinski definition) is 1. The van der Waals surface area contributed by atoms with Gasteiger partial charge in [-0.25, -0.2) is 4.98 Å². The SMILES string of the molecule is CCc1nc(SCC(=O)Nc2ccc(Br)cc2)c(C#N)c2c1CCCC2. The van der Waals surface area contributed by atoms with Crippen LogP contribution in [0.5, 0.6) is 0 Å². The van der Waals surface area contributed by atoms with Gasteiger partial charge in [-0.1, -0.05) is 34.6 Å². The number of fused-ring (bicyclic) bond motifs is 1. The molecule has 3 rings (SSSR count). The highest BCUT2D eigenvalue weighted by Crippen LogP contribution is 2.32. The van der Waals surface area contributed by atoms with Gasteiger partial charge in [0.1, 0.15) is 11.1 Å². The van der Waals surface area contributed by atoms with Crippen LogP contribution in [0.25, 0.3) is 0 Å². The molecule has 0 spiro atoms. The maximum atomic E-state index is 12.3. The van der Waals surface area contributed by atoms with Gasteiger partial charge in [0, 0.05) is 15.9 Å². The molecule has 134 valence electrons. The highest BCUT2D eigenvalue weighted by atomic mass is 79.9. The van der Waals surface area contributed by atoms with Gasteiger partial charge in [-0.15, -0.1) is 0 Å². The predicted octanol–water partition coefficient (Wildman–Crippen LogP) is 4.89. The Bertz CT molecular complexity index is 859. The number of pyridine rings is 1. The molecule has 1 N–H and O–H groups in total. The smallest absolute Gasteiger partial charge is 0.234 e. The molecule has 1 aromatic heterocycles. The maximum Gasteiger partial charge on any atom is 0.234 e. The second kappa shape index (κ2) is 8.70. The number of rotatable bonds is 5. The van der Waals surface area contributed by atoms with Crippen molar-refractivity contribution < 1.29 is 4.79 Å². The van der Waals surface area contributed by atoms with Crippen molar-refractivity contribution in [3.8, 4) is 6.07 Å². The monoisotopic (exact) mass is 429 g/mol. The van der Waals surface area contributed by atoms with Gasteiger partial charge in [-0.3, -0.25) is 4.79 Å². The normalized spacial score (nSPS) is 13.0. The molecule has 2 aromatic rings. The number of aryl methyl sites for hydroxylation is 1. The van der Waals surface area contributed by atoms with E-state index in [0.717, 1.165) is 53.5 Å². The topological polar surface area (TPSA) is 65.8 Å². The molecule has 1 amide bonds. The Balaban J connectivity index is 1.76. The van der Waals surface area contributed by atoms with Crippen LogP contribution in [0.15, 0.2) is 33.8 Å². The molecule has 6 heteroatoms. The molecule has 0 atom stereocenters. The van der Waals surface area contributed by atoms with E-state index < -0.39 is 0 Å². The molecule has 4 nitrogen and oxygen atoms in total. The first-order chi connectivity index (χ1) is 12.6. The van der Waals surface area contributed by atoms with E-state index in [1.165, 1.54) is 17.3 Å². The average molecular weight is 430 g/mol. The van der Waals surface area contributed by atoms with Crippen molar-refractivity contribution in [2.24, 2.45) is 0 Å². The lowest BCUT2D eigenvalue weighted by Crippen LogP contribution is -2.16. The molecule has 0 saturated heterocycles. The van der Waals surface area contributed by atoms with E-state index >= 15 is 0 Å². The Morgan fingerprint density at radius 2 is 1.96 bits per heavy atom. The van der Waals surface area contributed by atoms with E-state index in [0.29, 0.717) is 10.6 Å². The van der Waals surface area contributed by atoms with Crippen LogP contribution in [-0.2, 0) is 24.1 Å². The molecular formula is C20H20BrN3OS. The summed E-state index contributed by atoms with van der Waals surface area (Å²) in [6.07, 6.45) is 5.08. The molecule has 26 heavy (non-hydrogen) atoms. The summed E-state index contributed by atoms with van der Waals surface area (Å²) >= 11 is 4.73. The standard InChI is InChI=1S/C20H20BrN3OS/c1-2-18-16-6-4-3-5-15(16)17(11-22)20(24-18)26-12-19(25)23-14-9-7-13(21)8-10-14/h7-10H,2-6,12H2,1H3,(H,23,25). The number of nitrogens with zero attached hydrogens (tertiary/aromatic N) is 2. The Morgan fingerprint density at radius 1 is 1.27 bits per heavy atom. The zero-order chi connectivity index (χ0) is 18.5. The Hall–Kier alpha value is -1.84. The van der Waals surface area contributed by atoms with Gasteiger partial charge in [-0.2, -0.15) is 5.26 Å². The van der Waals surface area contributed by atoms with Crippen molar-refractivity contribution >= 4 is 39.3 Å². The van der Waals surface area contributed by atoms with Gasteiger partial charge in [0.05, 0.1) is 11.3 Å². The van der Waals surface area contributed by atoms with Crippen LogP contribution >= 0.6 is 27.7 Å². The predicted molar refractivity (Wildman–Crippen MR) is 108 cm³/mol. The number of halogens is 1. The third-order valence-electron chi connectivity index (χ3n) is 4.48. The third-order valence-corrected chi connectivity index (χ3v) is 5.99. The molecule has 0 unspecified atom stereocenters. The van der Waals surface area contributed by atoms with Crippen LogP contribution in [0.3, 0.4) is 0 Å². The fourth-order valence-corrected chi connectivity index (χ4v) is 4.34. The summed E-state index contributed by atoms with van der Waals surface area (Å²) in [5, 5.41) is 13.2. The van der Waals surface area contributed by atoms with E-state index in [9.17, 15) is 10.1 Å². The lowest BCUT2D eigenvalue weighted by Gasteiger charge is -2.21. The number of anilines is 1. The minimum absolute atomic E-state index is 0.0984. The molecular weight excluding hydrogens is 410 g/mol. The quantitative estimate of drug-likeness (QED) is 0.687. The number of thioether (sulfide) groups is 1. The molecule has 0 fully saturated rings. The van der Waals surface area contributed by atoms with E-state index in [2.05, 4.69) is 34.2 Å². The summed E-state index contributed by atoms with van der Waals surface area (Å²) in [5.41, 5.74) is 4.92. The number of carbonyl (C=O) groups excluding carboxylic acids is 1. The number of hydrogen-bond acceptors (Lipinski definition) is 4. The third kappa shape index (κ3) is 4.28. The first-order valence-electron chi connectivity index (χ1n) is 8.75. The summed E-state index contributed by atoms with van der Waals surface area (Å²) < 4.78 is 0.967. The van der Waals surface area contributed by atoms with Gasteiger partial charge < -0.3 is 5.32 Å². The van der Waals surface area contributed by atoms with Crippen LogP contribution in [0.4, 0.5) is 5.69 Å². The van der Waals surface area contributed by atoms with Gasteiger partial charge in [0.2, 0.25) is 5.91 Å². The van der Waals surface area contributed by atoms with Gasteiger partial charge >= 0.3 is 0 Å². The number of nitriles is 1. The largest absolute Gasteiger partial charge is 0.325 e. The van der Waals surface area contributed by atoms with Gasteiger partial charge in [0.25, 0.3) is 0 Å². The number of aromatic nitrogens is 1. The highest BCUT2D eigenvalue weighted by molar-refractivity contribution is 9.10. The van der Waals surface area contributed by atoms with Crippen LogP contribution in [0.1, 0.15) is 42.1 Å². The molecule has 1 aliphatic rings. The number of carbonyl (C=O) groups is 1. The van der Waals surface area contributed by atoms with Gasteiger partial charge in [0.15, 0.2) is 0 Å². The number of amides is 1.